The van der Waals surface area contributed by atoms with E-state index in [0.717, 1.165) is 0 Å². The van der Waals surface area contributed by atoms with Crippen LogP contribution in [0.5, 0.6) is 0 Å². The van der Waals surface area contributed by atoms with Gasteiger partial charge in [-0.15, -0.1) is 0 Å². The number of fused-ring (bicyclic) bond motifs is 1. The number of hydrogen-bond donors (Lipinski definition) is 1. The molecule has 118 valence electrons. The van der Waals surface area contributed by atoms with Crippen LogP contribution in [0.2, 0.25) is 5.02 Å². The van der Waals surface area contributed by atoms with Crippen LogP contribution in [0, 0.1) is 11.3 Å². The van der Waals surface area contributed by atoms with Crippen LogP contribution in [0.1, 0.15) is 5.56 Å². The van der Waals surface area contributed by atoms with E-state index in [1.54, 1.807) is 42.5 Å². The Morgan fingerprint density at radius 3 is 2.92 bits per heavy atom. The van der Waals surface area contributed by atoms with Gasteiger partial charge in [-0.3, -0.25) is 14.2 Å². The van der Waals surface area contributed by atoms with Gasteiger partial charge in [0.25, 0.3) is 5.56 Å². The van der Waals surface area contributed by atoms with Gasteiger partial charge in [0, 0.05) is 10.7 Å². The Kier molecular flexibility index (Phi) is 4.27. The number of benzene rings is 2. The van der Waals surface area contributed by atoms with Crippen LogP contribution in [-0.2, 0) is 11.3 Å². The van der Waals surface area contributed by atoms with Crippen LogP contribution in [0.3, 0.4) is 0 Å². The van der Waals surface area contributed by atoms with Crippen molar-refractivity contribution in [1.82, 2.24) is 9.55 Å². The van der Waals surface area contributed by atoms with Crippen LogP contribution < -0.4 is 10.9 Å². The second kappa shape index (κ2) is 6.52. The highest BCUT2D eigenvalue weighted by Gasteiger charge is 2.09. The van der Waals surface area contributed by atoms with E-state index >= 15 is 0 Å². The number of rotatable bonds is 3. The average Bonchev–Trinajstić information content (AvgIpc) is 2.57. The zero-order valence-corrected chi connectivity index (χ0v) is 13.1. The van der Waals surface area contributed by atoms with Crippen molar-refractivity contribution in [3.05, 3.63) is 69.7 Å². The summed E-state index contributed by atoms with van der Waals surface area (Å²) in [4.78, 5) is 28.7. The molecule has 3 aromatic rings. The highest BCUT2D eigenvalue weighted by molar-refractivity contribution is 6.31. The molecule has 0 aliphatic rings. The number of nitriles is 1. The number of halogens is 1. The zero-order valence-electron chi connectivity index (χ0n) is 12.4. The van der Waals surface area contributed by atoms with E-state index in [2.05, 4.69) is 10.3 Å². The van der Waals surface area contributed by atoms with Crippen molar-refractivity contribution in [2.45, 2.75) is 6.54 Å². The molecule has 0 unspecified atom stereocenters. The predicted octanol–water partition coefficient (Wildman–Crippen LogP) is 2.56. The molecule has 0 fully saturated rings. The molecule has 0 saturated carbocycles. The minimum atomic E-state index is -0.387. The van der Waals surface area contributed by atoms with Gasteiger partial charge in [0.1, 0.15) is 6.54 Å². The van der Waals surface area contributed by atoms with Crippen LogP contribution in [0.25, 0.3) is 10.9 Å². The molecule has 0 spiro atoms. The molecule has 1 N–H and O–H groups in total. The van der Waals surface area contributed by atoms with Gasteiger partial charge in [0.05, 0.1) is 28.9 Å². The van der Waals surface area contributed by atoms with Crippen LogP contribution >= 0.6 is 11.6 Å². The molecule has 0 aliphatic carbocycles. The first-order valence-corrected chi connectivity index (χ1v) is 7.39. The zero-order chi connectivity index (χ0) is 17.1. The van der Waals surface area contributed by atoms with E-state index < -0.39 is 0 Å². The van der Waals surface area contributed by atoms with Crippen molar-refractivity contribution in [1.29, 1.82) is 5.26 Å². The normalized spacial score (nSPS) is 10.3. The van der Waals surface area contributed by atoms with Crippen LogP contribution in [-0.4, -0.2) is 15.5 Å². The highest BCUT2D eigenvalue weighted by atomic mass is 35.5. The maximum atomic E-state index is 12.4. The maximum Gasteiger partial charge on any atom is 0.261 e. The summed E-state index contributed by atoms with van der Waals surface area (Å²) in [6.07, 6.45) is 1.31. The van der Waals surface area contributed by atoms with Crippen molar-refractivity contribution in [2.24, 2.45) is 0 Å². The molecular weight excluding hydrogens is 328 g/mol. The predicted molar refractivity (Wildman–Crippen MR) is 90.8 cm³/mol. The molecule has 24 heavy (non-hydrogen) atoms. The Hall–Kier alpha value is -3.17. The lowest BCUT2D eigenvalue weighted by molar-refractivity contribution is -0.116. The van der Waals surface area contributed by atoms with Gasteiger partial charge in [-0.25, -0.2) is 4.98 Å². The Balaban J connectivity index is 1.83. The molecule has 0 radical (unpaired) electrons. The fraction of sp³-hybridized carbons (Fsp3) is 0.0588. The van der Waals surface area contributed by atoms with Gasteiger partial charge in [0.2, 0.25) is 5.91 Å². The van der Waals surface area contributed by atoms with Gasteiger partial charge in [-0.1, -0.05) is 17.7 Å². The lowest BCUT2D eigenvalue weighted by Gasteiger charge is -2.08. The van der Waals surface area contributed by atoms with Gasteiger partial charge >= 0.3 is 0 Å². The van der Waals surface area contributed by atoms with E-state index in [1.807, 2.05) is 6.07 Å². The second-order valence-corrected chi connectivity index (χ2v) is 5.52. The number of hydrogen-bond acceptors (Lipinski definition) is 4. The minimum absolute atomic E-state index is 0.179. The summed E-state index contributed by atoms with van der Waals surface area (Å²) in [5, 5.41) is 12.4. The number of nitrogens with one attached hydrogen (secondary N) is 1. The summed E-state index contributed by atoms with van der Waals surface area (Å²) in [6, 6.07) is 13.3. The average molecular weight is 339 g/mol. The molecule has 7 heteroatoms. The number of amides is 1. The SMILES string of the molecule is N#Cc1cccc(NC(=O)Cn2cnc3cc(Cl)ccc3c2=O)c1. The number of carbonyl (C=O) groups is 1. The lowest BCUT2D eigenvalue weighted by atomic mass is 10.2. The number of nitrogens with zero attached hydrogens (tertiary/aromatic N) is 3. The van der Waals surface area contributed by atoms with Crippen molar-refractivity contribution in [3.8, 4) is 6.07 Å². The Morgan fingerprint density at radius 2 is 2.12 bits per heavy atom. The van der Waals surface area contributed by atoms with Crippen molar-refractivity contribution >= 4 is 34.1 Å². The van der Waals surface area contributed by atoms with Crippen LogP contribution in [0.4, 0.5) is 5.69 Å². The fourth-order valence-corrected chi connectivity index (χ4v) is 2.43. The molecular formula is C17H11ClN4O2. The first-order valence-electron chi connectivity index (χ1n) is 7.01. The van der Waals surface area contributed by atoms with Crippen molar-refractivity contribution < 1.29 is 4.79 Å². The van der Waals surface area contributed by atoms with Crippen molar-refractivity contribution in [2.75, 3.05) is 5.32 Å². The second-order valence-electron chi connectivity index (χ2n) is 5.08. The Labute approximate surface area is 141 Å². The quantitative estimate of drug-likeness (QED) is 0.795. The minimum Gasteiger partial charge on any atom is -0.324 e. The summed E-state index contributed by atoms with van der Waals surface area (Å²) >= 11 is 5.87. The van der Waals surface area contributed by atoms with Crippen LogP contribution in [0.15, 0.2) is 53.6 Å². The molecule has 3 rings (SSSR count). The Morgan fingerprint density at radius 1 is 1.29 bits per heavy atom. The molecule has 6 nitrogen and oxygen atoms in total. The molecule has 1 heterocycles. The number of anilines is 1. The molecule has 1 aromatic heterocycles. The molecule has 1 amide bonds. The third kappa shape index (κ3) is 3.26. The maximum absolute atomic E-state index is 12.4. The van der Waals surface area contributed by atoms with E-state index in [0.29, 0.717) is 27.2 Å². The lowest BCUT2D eigenvalue weighted by Crippen LogP contribution is -2.27. The summed E-state index contributed by atoms with van der Waals surface area (Å²) < 4.78 is 1.22. The first-order chi connectivity index (χ1) is 11.6. The molecule has 2 aromatic carbocycles. The standard InChI is InChI=1S/C17H11ClN4O2/c18-12-4-5-14-15(7-12)20-10-22(17(14)24)9-16(23)21-13-3-1-2-11(6-13)8-19/h1-7,10H,9H2,(H,21,23). The summed E-state index contributed by atoms with van der Waals surface area (Å²) in [5.74, 6) is -0.387. The monoisotopic (exact) mass is 338 g/mol. The summed E-state index contributed by atoms with van der Waals surface area (Å²) in [5.41, 5.74) is 1.09. The van der Waals surface area contributed by atoms with E-state index in [9.17, 15) is 9.59 Å². The Bertz CT molecular complexity index is 1040. The first kappa shape index (κ1) is 15.7. The van der Waals surface area contributed by atoms with Gasteiger partial charge in [-0.05, 0) is 36.4 Å². The molecule has 0 saturated heterocycles. The summed E-state index contributed by atoms with van der Waals surface area (Å²) in [6.45, 7) is -0.179. The third-order valence-electron chi connectivity index (χ3n) is 3.38. The number of aromatic nitrogens is 2. The molecule has 0 bridgehead atoms. The van der Waals surface area contributed by atoms with Crippen molar-refractivity contribution in [3.63, 3.8) is 0 Å². The molecule has 0 atom stereocenters. The van der Waals surface area contributed by atoms with E-state index in [4.69, 9.17) is 16.9 Å². The largest absolute Gasteiger partial charge is 0.324 e. The molecule has 0 aliphatic heterocycles. The number of carbonyl (C=O) groups excluding carboxylic acids is 1. The van der Waals surface area contributed by atoms with Gasteiger partial charge in [-0.2, -0.15) is 5.26 Å². The smallest absolute Gasteiger partial charge is 0.261 e. The van der Waals surface area contributed by atoms with E-state index in [1.165, 1.54) is 10.9 Å². The highest BCUT2D eigenvalue weighted by Crippen LogP contribution is 2.14. The topological polar surface area (TPSA) is 87.8 Å². The van der Waals surface area contributed by atoms with E-state index in [-0.39, 0.29) is 18.0 Å². The fourth-order valence-electron chi connectivity index (χ4n) is 2.27. The van der Waals surface area contributed by atoms with Gasteiger partial charge < -0.3 is 5.32 Å². The van der Waals surface area contributed by atoms with Gasteiger partial charge in [0.15, 0.2) is 0 Å². The summed E-state index contributed by atoms with van der Waals surface area (Å²) in [7, 11) is 0. The third-order valence-corrected chi connectivity index (χ3v) is 3.61.